The van der Waals surface area contributed by atoms with Gasteiger partial charge in [0, 0.05) is 40.3 Å². The largest absolute Gasteiger partial charge is 0.486 e. The van der Waals surface area contributed by atoms with Crippen molar-refractivity contribution in [2.24, 2.45) is 4.36 Å². The van der Waals surface area contributed by atoms with Crippen molar-refractivity contribution in [3.63, 3.8) is 0 Å². The maximum absolute atomic E-state index is 14.0. The van der Waals surface area contributed by atoms with E-state index in [-0.39, 0.29) is 12.2 Å². The van der Waals surface area contributed by atoms with Gasteiger partial charge in [-0.1, -0.05) is 0 Å². The smallest absolute Gasteiger partial charge is 0.146 e. The number of hydrogen-bond donors (Lipinski definition) is 1. The molecule has 1 aliphatic heterocycles. The van der Waals surface area contributed by atoms with Crippen LogP contribution < -0.4 is 10.1 Å². The summed E-state index contributed by atoms with van der Waals surface area (Å²) in [5.41, 5.74) is 2.69. The van der Waals surface area contributed by atoms with Crippen molar-refractivity contribution in [1.29, 1.82) is 0 Å². The van der Waals surface area contributed by atoms with Crippen molar-refractivity contribution in [3.05, 3.63) is 48.0 Å². The Hall–Kier alpha value is -2.82. The van der Waals surface area contributed by atoms with E-state index in [2.05, 4.69) is 19.6 Å². The second-order valence-electron chi connectivity index (χ2n) is 8.66. The molecule has 0 spiro atoms. The lowest BCUT2D eigenvalue weighted by Gasteiger charge is -2.20. The van der Waals surface area contributed by atoms with Gasteiger partial charge in [-0.2, -0.15) is 4.36 Å². The maximum Gasteiger partial charge on any atom is 0.146 e. The molecule has 1 saturated heterocycles. The van der Waals surface area contributed by atoms with Crippen molar-refractivity contribution in [2.75, 3.05) is 37.6 Å². The van der Waals surface area contributed by atoms with E-state index >= 15 is 0 Å². The van der Waals surface area contributed by atoms with Crippen LogP contribution in [0.5, 0.6) is 5.75 Å². The lowest BCUT2D eigenvalue weighted by atomic mass is 10.1. The number of hydrogen-bond acceptors (Lipinski definition) is 8. The van der Waals surface area contributed by atoms with E-state index in [0.29, 0.717) is 48.3 Å². The van der Waals surface area contributed by atoms with Gasteiger partial charge in [0.05, 0.1) is 36.2 Å². The molecule has 4 rings (SSSR count). The van der Waals surface area contributed by atoms with Gasteiger partial charge in [0.2, 0.25) is 0 Å². The van der Waals surface area contributed by atoms with E-state index in [0.717, 1.165) is 17.4 Å². The SMILES string of the molecule is Cc1cc(N=S(C)(C)=O)cc2ncnc(Nc3ccc(F)cc3OC(C)COC3CCOC3)c12. The number of halogens is 1. The highest BCUT2D eigenvalue weighted by molar-refractivity contribution is 7.92. The number of rotatable bonds is 8. The van der Waals surface area contributed by atoms with E-state index in [9.17, 15) is 8.60 Å². The molecule has 0 bridgehead atoms. The second kappa shape index (κ2) is 10.2. The monoisotopic (exact) mass is 488 g/mol. The third-order valence-electron chi connectivity index (χ3n) is 5.22. The molecule has 0 amide bonds. The van der Waals surface area contributed by atoms with Crippen molar-refractivity contribution in [3.8, 4) is 5.75 Å². The van der Waals surface area contributed by atoms with Gasteiger partial charge in [-0.15, -0.1) is 0 Å². The van der Waals surface area contributed by atoms with Crippen LogP contribution in [0.3, 0.4) is 0 Å². The average molecular weight is 489 g/mol. The van der Waals surface area contributed by atoms with E-state index in [1.54, 1.807) is 24.6 Å². The van der Waals surface area contributed by atoms with Gasteiger partial charge in [0.25, 0.3) is 0 Å². The predicted octanol–water partition coefficient (Wildman–Crippen LogP) is 4.75. The molecular formula is C24H29FN4O4S. The summed E-state index contributed by atoms with van der Waals surface area (Å²) in [6.45, 7) is 5.44. The first-order chi connectivity index (χ1) is 16.2. The van der Waals surface area contributed by atoms with Crippen LogP contribution >= 0.6 is 0 Å². The third kappa shape index (κ3) is 6.19. The number of nitrogens with one attached hydrogen (secondary N) is 1. The summed E-state index contributed by atoms with van der Waals surface area (Å²) in [6, 6.07) is 7.93. The minimum absolute atomic E-state index is 0.0666. The zero-order chi connectivity index (χ0) is 24.3. The maximum atomic E-state index is 14.0. The quantitative estimate of drug-likeness (QED) is 0.489. The Labute approximate surface area is 199 Å². The summed E-state index contributed by atoms with van der Waals surface area (Å²) in [4.78, 5) is 8.76. The highest BCUT2D eigenvalue weighted by Gasteiger charge is 2.19. The molecule has 34 heavy (non-hydrogen) atoms. The van der Waals surface area contributed by atoms with E-state index in [1.807, 2.05) is 19.9 Å². The lowest BCUT2D eigenvalue weighted by Crippen LogP contribution is -2.24. The Morgan fingerprint density at radius 2 is 2.12 bits per heavy atom. The summed E-state index contributed by atoms with van der Waals surface area (Å²) >= 11 is 0. The molecule has 1 fully saturated rings. The normalized spacial score (nSPS) is 17.0. The minimum atomic E-state index is -2.31. The Morgan fingerprint density at radius 3 is 2.85 bits per heavy atom. The molecule has 0 saturated carbocycles. The van der Waals surface area contributed by atoms with E-state index in [4.69, 9.17) is 14.2 Å². The van der Waals surface area contributed by atoms with Gasteiger partial charge >= 0.3 is 0 Å². The number of ether oxygens (including phenoxy) is 3. The first-order valence-electron chi connectivity index (χ1n) is 11.0. The summed E-state index contributed by atoms with van der Waals surface area (Å²) in [6.07, 6.45) is 5.24. The van der Waals surface area contributed by atoms with Crippen LogP contribution in [-0.4, -0.2) is 58.7 Å². The van der Waals surface area contributed by atoms with E-state index < -0.39 is 15.5 Å². The topological polar surface area (TPSA) is 94.9 Å². The molecule has 2 heterocycles. The van der Waals surface area contributed by atoms with Crippen LogP contribution in [-0.2, 0) is 19.2 Å². The molecule has 1 N–H and O–H groups in total. The van der Waals surface area contributed by atoms with Gasteiger partial charge in [-0.3, -0.25) is 0 Å². The van der Waals surface area contributed by atoms with Crippen LogP contribution in [0.2, 0.25) is 0 Å². The van der Waals surface area contributed by atoms with Gasteiger partial charge in [0.15, 0.2) is 0 Å². The van der Waals surface area contributed by atoms with Crippen LogP contribution in [0.1, 0.15) is 18.9 Å². The fourth-order valence-electron chi connectivity index (χ4n) is 3.77. The minimum Gasteiger partial charge on any atom is -0.486 e. The van der Waals surface area contributed by atoms with Crippen LogP contribution in [0, 0.1) is 12.7 Å². The van der Waals surface area contributed by atoms with Crippen LogP contribution in [0.15, 0.2) is 41.0 Å². The second-order valence-corrected chi connectivity index (χ2v) is 11.2. The molecule has 2 aromatic carbocycles. The molecule has 3 aromatic rings. The fraction of sp³-hybridized carbons (Fsp3) is 0.417. The molecule has 1 aliphatic rings. The first kappa shape index (κ1) is 24.3. The number of nitrogens with zero attached hydrogens (tertiary/aromatic N) is 3. The number of benzene rings is 2. The van der Waals surface area contributed by atoms with Crippen molar-refractivity contribution < 1.29 is 22.8 Å². The molecule has 0 radical (unpaired) electrons. The van der Waals surface area contributed by atoms with Crippen molar-refractivity contribution >= 4 is 37.8 Å². The van der Waals surface area contributed by atoms with Gasteiger partial charge in [-0.05, 0) is 50.1 Å². The molecule has 2 unspecified atom stereocenters. The molecular weight excluding hydrogens is 459 g/mol. The number of aromatic nitrogens is 2. The molecule has 10 heteroatoms. The Morgan fingerprint density at radius 1 is 1.29 bits per heavy atom. The van der Waals surface area contributed by atoms with Gasteiger partial charge in [-0.25, -0.2) is 18.6 Å². The zero-order valence-electron chi connectivity index (χ0n) is 19.7. The highest BCUT2D eigenvalue weighted by atomic mass is 32.2. The number of fused-ring (bicyclic) bond motifs is 1. The number of aryl methyl sites for hydroxylation is 1. The van der Waals surface area contributed by atoms with Crippen LogP contribution in [0.4, 0.5) is 21.6 Å². The first-order valence-corrected chi connectivity index (χ1v) is 13.4. The highest BCUT2D eigenvalue weighted by Crippen LogP contribution is 2.34. The lowest BCUT2D eigenvalue weighted by molar-refractivity contribution is 0.00175. The van der Waals surface area contributed by atoms with Crippen molar-refractivity contribution in [1.82, 2.24) is 9.97 Å². The molecule has 2 atom stereocenters. The Bertz CT molecular complexity index is 1300. The summed E-state index contributed by atoms with van der Waals surface area (Å²) in [7, 11) is -2.31. The molecule has 8 nitrogen and oxygen atoms in total. The average Bonchev–Trinajstić information content (AvgIpc) is 3.26. The predicted molar refractivity (Wildman–Crippen MR) is 131 cm³/mol. The summed E-state index contributed by atoms with van der Waals surface area (Å²) in [5.74, 6) is 0.494. The molecule has 1 aromatic heterocycles. The van der Waals surface area contributed by atoms with Gasteiger partial charge < -0.3 is 19.5 Å². The number of anilines is 2. The Balaban J connectivity index is 1.60. The van der Waals surface area contributed by atoms with Crippen LogP contribution in [0.25, 0.3) is 10.9 Å². The molecule has 182 valence electrons. The summed E-state index contributed by atoms with van der Waals surface area (Å²) in [5, 5.41) is 4.05. The Kier molecular flexibility index (Phi) is 7.30. The summed E-state index contributed by atoms with van der Waals surface area (Å²) < 4.78 is 47.6. The van der Waals surface area contributed by atoms with Crippen molar-refractivity contribution in [2.45, 2.75) is 32.5 Å². The zero-order valence-corrected chi connectivity index (χ0v) is 20.5. The van der Waals surface area contributed by atoms with E-state index in [1.165, 1.54) is 18.5 Å². The third-order valence-corrected chi connectivity index (χ3v) is 5.88. The molecule has 0 aliphatic carbocycles. The standard InChI is InChI=1S/C24H29FN4O4S/c1-15-9-18(29-34(3,4)30)11-21-23(15)24(27-14-26-21)28-20-6-5-17(25)10-22(20)33-16(2)12-32-19-7-8-31-13-19/h5-6,9-11,14,16,19H,7-8,12-13H2,1-4H3,(H,26,27,28). The van der Waals surface area contributed by atoms with Gasteiger partial charge in [0.1, 0.15) is 29.8 Å². The fourth-order valence-corrected chi connectivity index (χ4v) is 4.38.